The normalized spacial score (nSPS) is 13.1. The van der Waals surface area contributed by atoms with Crippen LogP contribution in [0.1, 0.15) is 46.4 Å². The molecule has 0 aliphatic heterocycles. The van der Waals surface area contributed by atoms with Crippen molar-refractivity contribution < 1.29 is 9.53 Å². The van der Waals surface area contributed by atoms with E-state index in [-0.39, 0.29) is 12.1 Å². The highest BCUT2D eigenvalue weighted by Gasteiger charge is 2.20. The van der Waals surface area contributed by atoms with E-state index in [0.29, 0.717) is 19.6 Å². The molecule has 0 fully saturated rings. The number of aromatic nitrogens is 2. The van der Waals surface area contributed by atoms with Crippen molar-refractivity contribution in [3.63, 3.8) is 0 Å². The Bertz CT molecular complexity index is 398. The smallest absolute Gasteiger partial charge is 0.410 e. The number of nitrogens with zero attached hydrogens (tertiary/aromatic N) is 2. The van der Waals surface area contributed by atoms with Crippen LogP contribution in [0.3, 0.4) is 0 Å². The Hall–Kier alpha value is -1.56. The minimum absolute atomic E-state index is 0.176. The van der Waals surface area contributed by atoms with Gasteiger partial charge < -0.3 is 15.0 Å². The fourth-order valence-corrected chi connectivity index (χ4v) is 1.74. The Morgan fingerprint density at radius 3 is 2.75 bits per heavy atom. The van der Waals surface area contributed by atoms with E-state index in [9.17, 15) is 4.79 Å². The molecular formula is C14H26N4O2. The number of aromatic amines is 1. The van der Waals surface area contributed by atoms with Crippen molar-refractivity contribution in [2.75, 3.05) is 19.6 Å². The maximum absolute atomic E-state index is 12.0. The SMILES string of the molecule is CCN(CCNC(C)c1ccn[nH]1)C(=O)OC(C)(C)C. The van der Waals surface area contributed by atoms with Crippen molar-refractivity contribution >= 4 is 6.09 Å². The number of hydrogen-bond acceptors (Lipinski definition) is 4. The van der Waals surface area contributed by atoms with E-state index in [2.05, 4.69) is 22.4 Å². The van der Waals surface area contributed by atoms with Crippen LogP contribution >= 0.6 is 0 Å². The average molecular weight is 282 g/mol. The van der Waals surface area contributed by atoms with Gasteiger partial charge in [-0.3, -0.25) is 5.10 Å². The van der Waals surface area contributed by atoms with Crippen LogP contribution < -0.4 is 5.32 Å². The van der Waals surface area contributed by atoms with Crippen LogP contribution in [-0.2, 0) is 4.74 Å². The van der Waals surface area contributed by atoms with Crippen molar-refractivity contribution in [1.82, 2.24) is 20.4 Å². The van der Waals surface area contributed by atoms with Gasteiger partial charge in [0.2, 0.25) is 0 Å². The third-order valence-corrected chi connectivity index (χ3v) is 2.85. The van der Waals surface area contributed by atoms with Gasteiger partial charge in [-0.15, -0.1) is 0 Å². The molecule has 1 heterocycles. The topological polar surface area (TPSA) is 70.2 Å². The van der Waals surface area contributed by atoms with Crippen molar-refractivity contribution in [2.45, 2.75) is 46.3 Å². The Kier molecular flexibility index (Phi) is 6.01. The summed E-state index contributed by atoms with van der Waals surface area (Å²) in [7, 11) is 0. The average Bonchev–Trinajstić information content (AvgIpc) is 2.85. The zero-order chi connectivity index (χ0) is 15.2. The number of rotatable bonds is 6. The molecule has 20 heavy (non-hydrogen) atoms. The van der Waals surface area contributed by atoms with Crippen LogP contribution in [0.5, 0.6) is 0 Å². The van der Waals surface area contributed by atoms with Crippen LogP contribution in [0, 0.1) is 0 Å². The highest BCUT2D eigenvalue weighted by molar-refractivity contribution is 5.68. The number of nitrogens with one attached hydrogen (secondary N) is 2. The summed E-state index contributed by atoms with van der Waals surface area (Å²) >= 11 is 0. The minimum Gasteiger partial charge on any atom is -0.444 e. The highest BCUT2D eigenvalue weighted by Crippen LogP contribution is 2.10. The highest BCUT2D eigenvalue weighted by atomic mass is 16.6. The Morgan fingerprint density at radius 2 is 2.25 bits per heavy atom. The number of amides is 1. The Morgan fingerprint density at radius 1 is 1.55 bits per heavy atom. The molecule has 114 valence electrons. The lowest BCUT2D eigenvalue weighted by Gasteiger charge is -2.27. The van der Waals surface area contributed by atoms with Gasteiger partial charge in [0.25, 0.3) is 0 Å². The first-order valence-electron chi connectivity index (χ1n) is 7.04. The Labute approximate surface area is 120 Å². The van der Waals surface area contributed by atoms with Crippen molar-refractivity contribution in [2.24, 2.45) is 0 Å². The van der Waals surface area contributed by atoms with Crippen LogP contribution in [0.15, 0.2) is 12.3 Å². The number of likely N-dealkylation sites (N-methyl/N-ethyl adjacent to an activating group) is 1. The summed E-state index contributed by atoms with van der Waals surface area (Å²) in [5.74, 6) is 0. The van der Waals surface area contributed by atoms with E-state index in [0.717, 1.165) is 5.69 Å². The summed E-state index contributed by atoms with van der Waals surface area (Å²) < 4.78 is 5.36. The first-order valence-corrected chi connectivity index (χ1v) is 7.04. The third-order valence-electron chi connectivity index (χ3n) is 2.85. The third kappa shape index (κ3) is 5.61. The van der Waals surface area contributed by atoms with Gasteiger partial charge in [0.1, 0.15) is 5.60 Å². The molecule has 0 aliphatic carbocycles. The van der Waals surface area contributed by atoms with E-state index in [1.165, 1.54) is 0 Å². The number of ether oxygens (including phenoxy) is 1. The summed E-state index contributed by atoms with van der Waals surface area (Å²) in [5.41, 5.74) is 0.575. The van der Waals surface area contributed by atoms with Crippen LogP contribution in [0.2, 0.25) is 0 Å². The first-order chi connectivity index (χ1) is 9.33. The van der Waals surface area contributed by atoms with Crippen molar-refractivity contribution in [3.05, 3.63) is 18.0 Å². The molecule has 0 aromatic carbocycles. The van der Waals surface area contributed by atoms with Gasteiger partial charge in [-0.1, -0.05) is 0 Å². The van der Waals surface area contributed by atoms with Crippen LogP contribution in [-0.4, -0.2) is 46.4 Å². The predicted molar refractivity (Wildman–Crippen MR) is 78.5 cm³/mol. The van der Waals surface area contributed by atoms with Gasteiger partial charge in [0.15, 0.2) is 0 Å². The minimum atomic E-state index is -0.457. The van der Waals surface area contributed by atoms with E-state index in [4.69, 9.17) is 4.74 Å². The molecule has 0 aliphatic rings. The summed E-state index contributed by atoms with van der Waals surface area (Å²) in [6, 6.07) is 2.11. The zero-order valence-electron chi connectivity index (χ0n) is 13.1. The van der Waals surface area contributed by atoms with Gasteiger partial charge in [0, 0.05) is 31.9 Å². The van der Waals surface area contributed by atoms with E-state index >= 15 is 0 Å². The second-order valence-electron chi connectivity index (χ2n) is 5.75. The lowest BCUT2D eigenvalue weighted by Crippen LogP contribution is -2.40. The zero-order valence-corrected chi connectivity index (χ0v) is 13.1. The fourth-order valence-electron chi connectivity index (χ4n) is 1.74. The maximum atomic E-state index is 12.0. The van der Waals surface area contributed by atoms with E-state index in [1.54, 1.807) is 11.1 Å². The summed E-state index contributed by atoms with van der Waals surface area (Å²) in [4.78, 5) is 13.6. The molecular weight excluding hydrogens is 256 g/mol. The number of carbonyl (C=O) groups excluding carboxylic acids is 1. The molecule has 1 rings (SSSR count). The van der Waals surface area contributed by atoms with E-state index < -0.39 is 5.60 Å². The molecule has 0 spiro atoms. The van der Waals surface area contributed by atoms with Crippen molar-refractivity contribution in [1.29, 1.82) is 0 Å². The van der Waals surface area contributed by atoms with E-state index in [1.807, 2.05) is 33.8 Å². The molecule has 6 heteroatoms. The Balaban J connectivity index is 2.36. The number of carbonyl (C=O) groups is 1. The van der Waals surface area contributed by atoms with Gasteiger partial charge in [-0.2, -0.15) is 5.10 Å². The maximum Gasteiger partial charge on any atom is 0.410 e. The monoisotopic (exact) mass is 282 g/mol. The molecule has 0 bridgehead atoms. The number of hydrogen-bond donors (Lipinski definition) is 2. The molecule has 1 atom stereocenters. The molecule has 2 N–H and O–H groups in total. The molecule has 1 aromatic rings. The van der Waals surface area contributed by atoms with Crippen molar-refractivity contribution in [3.8, 4) is 0 Å². The summed E-state index contributed by atoms with van der Waals surface area (Å²) in [5, 5.41) is 10.2. The molecule has 0 radical (unpaired) electrons. The second-order valence-corrected chi connectivity index (χ2v) is 5.75. The lowest BCUT2D eigenvalue weighted by molar-refractivity contribution is 0.0261. The molecule has 6 nitrogen and oxygen atoms in total. The van der Waals surface area contributed by atoms with Crippen LogP contribution in [0.25, 0.3) is 0 Å². The number of H-pyrrole nitrogens is 1. The largest absolute Gasteiger partial charge is 0.444 e. The molecule has 0 saturated carbocycles. The molecule has 1 unspecified atom stereocenters. The van der Waals surface area contributed by atoms with Gasteiger partial charge in [0.05, 0.1) is 5.69 Å². The molecule has 0 saturated heterocycles. The quantitative estimate of drug-likeness (QED) is 0.840. The lowest BCUT2D eigenvalue weighted by atomic mass is 10.2. The summed E-state index contributed by atoms with van der Waals surface area (Å²) in [6.07, 6.45) is 1.46. The van der Waals surface area contributed by atoms with Gasteiger partial charge in [-0.05, 0) is 40.7 Å². The molecule has 1 amide bonds. The van der Waals surface area contributed by atoms with Gasteiger partial charge in [-0.25, -0.2) is 4.79 Å². The molecule has 1 aromatic heterocycles. The fraction of sp³-hybridized carbons (Fsp3) is 0.714. The second kappa shape index (κ2) is 7.28. The summed E-state index contributed by atoms with van der Waals surface area (Å²) in [6.45, 7) is 11.6. The van der Waals surface area contributed by atoms with Gasteiger partial charge >= 0.3 is 6.09 Å². The van der Waals surface area contributed by atoms with Crippen LogP contribution in [0.4, 0.5) is 4.79 Å². The first kappa shape index (κ1) is 16.5. The predicted octanol–water partition coefficient (Wildman–Crippen LogP) is 2.32. The standard InChI is InChI=1S/C14H26N4O2/c1-6-18(13(19)20-14(3,4)5)10-9-15-11(2)12-7-8-16-17-12/h7-8,11,15H,6,9-10H2,1-5H3,(H,16,17).